The number of hydrogen-bond acceptors (Lipinski definition) is 6. The highest BCUT2D eigenvalue weighted by molar-refractivity contribution is 8.00. The second-order valence-corrected chi connectivity index (χ2v) is 6.07. The van der Waals surface area contributed by atoms with Crippen LogP contribution in [-0.4, -0.2) is 33.0 Å². The van der Waals surface area contributed by atoms with Gasteiger partial charge in [-0.05, 0) is 12.2 Å². The quantitative estimate of drug-likeness (QED) is 0.776. The van der Waals surface area contributed by atoms with Crippen LogP contribution in [0.1, 0.15) is 25.3 Å². The number of amides is 2. The maximum absolute atomic E-state index is 12.0. The monoisotopic (exact) mass is 271 g/mol. The first-order valence-electron chi connectivity index (χ1n) is 5.48. The molecule has 2 heterocycles. The number of nitrogens with zero attached hydrogens (tertiary/aromatic N) is 3. The number of carbonyl (C=O) groups is 2. The molecule has 1 aliphatic rings. The van der Waals surface area contributed by atoms with Gasteiger partial charge in [-0.25, -0.2) is 4.90 Å². The highest BCUT2D eigenvalue weighted by atomic mass is 32.2. The molecule has 0 N–H and O–H groups in total. The summed E-state index contributed by atoms with van der Waals surface area (Å²) in [6.07, 6.45) is 1.04. The number of rotatable bonds is 4. The number of aryl methyl sites for hydroxylation is 1. The Bertz CT molecular complexity index is 447. The van der Waals surface area contributed by atoms with E-state index in [0.717, 1.165) is 17.2 Å². The van der Waals surface area contributed by atoms with Crippen molar-refractivity contribution in [3.63, 3.8) is 0 Å². The smallest absolute Gasteiger partial charge is 0.249 e. The van der Waals surface area contributed by atoms with Gasteiger partial charge in [0.05, 0.1) is 5.25 Å². The van der Waals surface area contributed by atoms with E-state index in [9.17, 15) is 9.59 Å². The van der Waals surface area contributed by atoms with Crippen molar-refractivity contribution in [2.75, 3.05) is 10.7 Å². The third-order valence-corrected chi connectivity index (χ3v) is 4.58. The number of thioether (sulfide) groups is 1. The summed E-state index contributed by atoms with van der Waals surface area (Å²) in [5.74, 6) is 0.508. The molecule has 2 rings (SSSR count). The van der Waals surface area contributed by atoms with E-state index in [1.165, 1.54) is 28.0 Å². The van der Waals surface area contributed by atoms with Crippen molar-refractivity contribution < 1.29 is 9.59 Å². The van der Waals surface area contributed by atoms with Gasteiger partial charge >= 0.3 is 0 Å². The van der Waals surface area contributed by atoms with Crippen molar-refractivity contribution >= 4 is 40.0 Å². The van der Waals surface area contributed by atoms with Crippen LogP contribution in [0.2, 0.25) is 0 Å². The number of aromatic nitrogens is 2. The second-order valence-electron chi connectivity index (χ2n) is 3.55. The lowest BCUT2D eigenvalue weighted by Crippen LogP contribution is -2.31. The molecule has 7 heteroatoms. The van der Waals surface area contributed by atoms with Crippen molar-refractivity contribution in [2.24, 2.45) is 0 Å². The number of hydrogen-bond donors (Lipinski definition) is 0. The Morgan fingerprint density at radius 1 is 1.41 bits per heavy atom. The van der Waals surface area contributed by atoms with E-state index in [0.29, 0.717) is 5.13 Å². The van der Waals surface area contributed by atoms with E-state index >= 15 is 0 Å². The Hall–Kier alpha value is -0.950. The van der Waals surface area contributed by atoms with Gasteiger partial charge in [0.1, 0.15) is 5.01 Å². The van der Waals surface area contributed by atoms with Crippen molar-refractivity contribution in [3.8, 4) is 0 Å². The average Bonchev–Trinajstić information content (AvgIpc) is 2.86. The molecule has 0 bridgehead atoms. The minimum Gasteiger partial charge on any atom is -0.274 e. The van der Waals surface area contributed by atoms with E-state index in [4.69, 9.17) is 0 Å². The van der Waals surface area contributed by atoms with Gasteiger partial charge in [0.15, 0.2) is 0 Å². The van der Waals surface area contributed by atoms with E-state index in [1.807, 2.05) is 13.8 Å². The molecule has 17 heavy (non-hydrogen) atoms. The van der Waals surface area contributed by atoms with Crippen molar-refractivity contribution in [2.45, 2.75) is 31.9 Å². The van der Waals surface area contributed by atoms with Gasteiger partial charge in [0, 0.05) is 6.42 Å². The summed E-state index contributed by atoms with van der Waals surface area (Å²) in [6.45, 7) is 3.94. The van der Waals surface area contributed by atoms with Gasteiger partial charge < -0.3 is 0 Å². The molecular formula is C10H13N3O2S2. The van der Waals surface area contributed by atoms with E-state index in [2.05, 4.69) is 10.2 Å². The second kappa shape index (κ2) is 5.14. The minimum absolute atomic E-state index is 0.152. The molecule has 0 spiro atoms. The molecule has 1 saturated heterocycles. The Morgan fingerprint density at radius 2 is 2.18 bits per heavy atom. The summed E-state index contributed by atoms with van der Waals surface area (Å²) in [5.41, 5.74) is 0. The Morgan fingerprint density at radius 3 is 2.76 bits per heavy atom. The maximum atomic E-state index is 12.0. The molecule has 5 nitrogen and oxygen atoms in total. The fourth-order valence-electron chi connectivity index (χ4n) is 1.61. The SMILES string of the molecule is CCSC1CC(=O)N(c2nnc(CC)s2)C1=O. The molecule has 1 aromatic rings. The topological polar surface area (TPSA) is 63.2 Å². The number of anilines is 1. The Kier molecular flexibility index (Phi) is 3.78. The Labute approximate surface area is 108 Å². The van der Waals surface area contributed by atoms with Crippen LogP contribution < -0.4 is 4.90 Å². The first-order chi connectivity index (χ1) is 8.17. The normalized spacial score (nSPS) is 20.4. The third-order valence-electron chi connectivity index (χ3n) is 2.42. The molecule has 1 unspecified atom stereocenters. The summed E-state index contributed by atoms with van der Waals surface area (Å²) in [5, 5.41) is 8.85. The molecular weight excluding hydrogens is 258 g/mol. The zero-order valence-corrected chi connectivity index (χ0v) is 11.3. The van der Waals surface area contributed by atoms with Crippen molar-refractivity contribution in [1.29, 1.82) is 0 Å². The van der Waals surface area contributed by atoms with Crippen LogP contribution in [0.25, 0.3) is 0 Å². The van der Waals surface area contributed by atoms with Gasteiger partial charge in [-0.2, -0.15) is 0 Å². The molecule has 0 radical (unpaired) electrons. The maximum Gasteiger partial charge on any atom is 0.249 e. The summed E-state index contributed by atoms with van der Waals surface area (Å²) in [6, 6.07) is 0. The van der Waals surface area contributed by atoms with E-state index < -0.39 is 0 Å². The summed E-state index contributed by atoms with van der Waals surface area (Å²) in [4.78, 5) is 25.0. The molecule has 1 aromatic heterocycles. The minimum atomic E-state index is -0.249. The van der Waals surface area contributed by atoms with Gasteiger partial charge in [0.25, 0.3) is 0 Å². The van der Waals surface area contributed by atoms with E-state index in [-0.39, 0.29) is 23.5 Å². The first-order valence-corrected chi connectivity index (χ1v) is 7.34. The predicted molar refractivity (Wildman–Crippen MR) is 68.3 cm³/mol. The molecule has 0 aliphatic carbocycles. The molecule has 1 atom stereocenters. The molecule has 2 amide bonds. The average molecular weight is 271 g/mol. The fourth-order valence-corrected chi connectivity index (χ4v) is 3.33. The molecule has 0 saturated carbocycles. The first kappa shape index (κ1) is 12.5. The highest BCUT2D eigenvalue weighted by Crippen LogP contribution is 2.31. The highest BCUT2D eigenvalue weighted by Gasteiger charge is 2.41. The molecule has 1 aliphatic heterocycles. The number of carbonyl (C=O) groups excluding carboxylic acids is 2. The van der Waals surface area contributed by atoms with Gasteiger partial charge in [-0.1, -0.05) is 25.2 Å². The van der Waals surface area contributed by atoms with Gasteiger partial charge in [0.2, 0.25) is 16.9 Å². The van der Waals surface area contributed by atoms with Crippen LogP contribution in [0.5, 0.6) is 0 Å². The lowest BCUT2D eigenvalue weighted by molar-refractivity contribution is -0.121. The van der Waals surface area contributed by atoms with Crippen LogP contribution in [0.3, 0.4) is 0 Å². The van der Waals surface area contributed by atoms with Gasteiger partial charge in [-0.3, -0.25) is 9.59 Å². The van der Waals surface area contributed by atoms with Crippen molar-refractivity contribution in [1.82, 2.24) is 10.2 Å². The van der Waals surface area contributed by atoms with Crippen LogP contribution in [0, 0.1) is 0 Å². The summed E-state index contributed by atoms with van der Waals surface area (Å²) < 4.78 is 0. The Balaban J connectivity index is 2.21. The molecule has 92 valence electrons. The summed E-state index contributed by atoms with van der Waals surface area (Å²) in [7, 11) is 0. The van der Waals surface area contributed by atoms with Crippen LogP contribution in [0.4, 0.5) is 5.13 Å². The lowest BCUT2D eigenvalue weighted by atomic mass is 10.4. The van der Waals surface area contributed by atoms with Gasteiger partial charge in [-0.15, -0.1) is 22.0 Å². The van der Waals surface area contributed by atoms with Crippen molar-refractivity contribution in [3.05, 3.63) is 5.01 Å². The zero-order valence-electron chi connectivity index (χ0n) is 9.67. The third kappa shape index (κ3) is 2.35. The van der Waals surface area contributed by atoms with E-state index in [1.54, 1.807) is 0 Å². The van der Waals surface area contributed by atoms with Crippen LogP contribution >= 0.6 is 23.1 Å². The van der Waals surface area contributed by atoms with Crippen LogP contribution in [0.15, 0.2) is 0 Å². The molecule has 0 aromatic carbocycles. The summed E-state index contributed by atoms with van der Waals surface area (Å²) >= 11 is 2.82. The predicted octanol–water partition coefficient (Wildman–Crippen LogP) is 1.49. The standard InChI is InChI=1S/C10H13N3O2S2/c1-3-7-11-12-10(17-7)13-8(14)5-6(9(13)15)16-4-2/h6H,3-5H2,1-2H3. The zero-order chi connectivity index (χ0) is 12.4. The molecule has 1 fully saturated rings. The number of imide groups is 1. The fraction of sp³-hybridized carbons (Fsp3) is 0.600. The lowest BCUT2D eigenvalue weighted by Gasteiger charge is -2.09. The largest absolute Gasteiger partial charge is 0.274 e. The van der Waals surface area contributed by atoms with Crippen LogP contribution in [-0.2, 0) is 16.0 Å².